The molecule has 0 aliphatic heterocycles. The first-order valence-electron chi connectivity index (χ1n) is 8.58. The highest BCUT2D eigenvalue weighted by Crippen LogP contribution is 2.48. The summed E-state index contributed by atoms with van der Waals surface area (Å²) in [5.41, 5.74) is 2.14. The summed E-state index contributed by atoms with van der Waals surface area (Å²) in [6.45, 7) is 28.2. The number of nitrogens with zero attached hydrogens (tertiary/aromatic N) is 2. The lowest BCUT2D eigenvalue weighted by Crippen LogP contribution is -2.12. The van der Waals surface area contributed by atoms with Crippen molar-refractivity contribution in [1.82, 2.24) is 0 Å². The lowest BCUT2D eigenvalue weighted by atomic mass is 10.0. The molecule has 0 aliphatic carbocycles. The van der Waals surface area contributed by atoms with Crippen LogP contribution in [-0.2, 0) is 0 Å². The van der Waals surface area contributed by atoms with Gasteiger partial charge in [-0.15, -0.1) is 0 Å². The first kappa shape index (κ1) is 19.8. The highest BCUT2D eigenvalue weighted by atomic mass is 16.5. The smallest absolute Gasteiger partial charge is 0.201 e. The van der Waals surface area contributed by atoms with E-state index >= 15 is 0 Å². The van der Waals surface area contributed by atoms with Crippen molar-refractivity contribution in [3.63, 3.8) is 0 Å². The third-order valence-electron chi connectivity index (χ3n) is 4.46. The Labute approximate surface area is 146 Å². The summed E-state index contributed by atoms with van der Waals surface area (Å²) in [7, 11) is 0. The maximum atomic E-state index is 7.43. The monoisotopic (exact) mass is 328 g/mol. The summed E-state index contributed by atoms with van der Waals surface area (Å²) < 4.78 is 12.1. The topological polar surface area (TPSA) is 27.2 Å². The lowest BCUT2D eigenvalue weighted by Gasteiger charge is -2.22. The number of benzene rings is 1. The Balaban J connectivity index is 3.37. The summed E-state index contributed by atoms with van der Waals surface area (Å²) in [5.74, 6) is 2.08. The standard InChI is InChI=1S/C20H28N2O2/c1-9-13(3)11-23-19-15(5)17(21-7)18(22-8)16(6)20(19)24-12-14(4)10-2/h13-14H,9-12H2,1-6H3/t13-,14-/m1/s1. The molecule has 24 heavy (non-hydrogen) atoms. The van der Waals surface area contributed by atoms with E-state index in [1.807, 2.05) is 13.8 Å². The molecule has 4 nitrogen and oxygen atoms in total. The number of hydrogen-bond acceptors (Lipinski definition) is 2. The van der Waals surface area contributed by atoms with Gasteiger partial charge in [0.05, 0.1) is 26.4 Å². The van der Waals surface area contributed by atoms with Gasteiger partial charge in [-0.05, 0) is 36.8 Å². The van der Waals surface area contributed by atoms with E-state index < -0.39 is 0 Å². The Morgan fingerprint density at radius 1 is 0.792 bits per heavy atom. The molecule has 0 fully saturated rings. The minimum atomic E-state index is 0.373. The van der Waals surface area contributed by atoms with E-state index in [4.69, 9.17) is 22.6 Å². The largest absolute Gasteiger partial charge is 0.491 e. The Morgan fingerprint density at radius 2 is 1.12 bits per heavy atom. The molecule has 0 aromatic heterocycles. The van der Waals surface area contributed by atoms with Gasteiger partial charge in [0.1, 0.15) is 0 Å². The molecule has 0 amide bonds. The van der Waals surface area contributed by atoms with Crippen LogP contribution in [0.15, 0.2) is 0 Å². The Kier molecular flexibility index (Phi) is 7.59. The van der Waals surface area contributed by atoms with Crippen LogP contribution in [0.1, 0.15) is 51.7 Å². The van der Waals surface area contributed by atoms with Gasteiger partial charge in [-0.1, -0.05) is 40.5 Å². The molecule has 4 heteroatoms. The predicted octanol–water partition coefficient (Wildman–Crippen LogP) is 6.25. The summed E-state index contributed by atoms with van der Waals surface area (Å²) >= 11 is 0. The first-order valence-corrected chi connectivity index (χ1v) is 8.58. The van der Waals surface area contributed by atoms with Gasteiger partial charge in [-0.2, -0.15) is 0 Å². The van der Waals surface area contributed by atoms with E-state index in [-0.39, 0.29) is 0 Å². The zero-order valence-electron chi connectivity index (χ0n) is 15.7. The van der Waals surface area contributed by atoms with E-state index in [1.54, 1.807) is 0 Å². The molecule has 0 saturated carbocycles. The summed E-state index contributed by atoms with van der Waals surface area (Å²) in [4.78, 5) is 7.13. The summed E-state index contributed by atoms with van der Waals surface area (Å²) in [6, 6.07) is 0. The number of hydrogen-bond donors (Lipinski definition) is 0. The second-order valence-corrected chi connectivity index (χ2v) is 6.48. The molecule has 0 spiro atoms. The van der Waals surface area contributed by atoms with Crippen molar-refractivity contribution in [3.05, 3.63) is 34.0 Å². The average molecular weight is 328 g/mol. The van der Waals surface area contributed by atoms with E-state index in [9.17, 15) is 0 Å². The Bertz CT molecular complexity index is 596. The first-order chi connectivity index (χ1) is 11.4. The molecule has 0 heterocycles. The second-order valence-electron chi connectivity index (χ2n) is 6.48. The molecular weight excluding hydrogens is 300 g/mol. The fourth-order valence-electron chi connectivity index (χ4n) is 2.22. The molecule has 0 N–H and O–H groups in total. The minimum absolute atomic E-state index is 0.373. The highest BCUT2D eigenvalue weighted by Gasteiger charge is 2.23. The molecule has 0 bridgehead atoms. The Hall–Kier alpha value is -2.20. The molecular formula is C20H28N2O2. The average Bonchev–Trinajstić information content (AvgIpc) is 2.59. The normalized spacial score (nSPS) is 12.8. The number of rotatable bonds is 8. The SMILES string of the molecule is [C-]#[N+]c1c(C)c(OC[C@H](C)CC)c(OC[C@H](C)CC)c(C)c1[N+]#[C-]. The van der Waals surface area contributed by atoms with Crippen LogP contribution >= 0.6 is 0 Å². The number of ether oxygens (including phenoxy) is 2. The minimum Gasteiger partial charge on any atom is -0.491 e. The maximum absolute atomic E-state index is 7.43. The van der Waals surface area contributed by atoms with Gasteiger partial charge in [0.2, 0.25) is 11.4 Å². The van der Waals surface area contributed by atoms with Crippen molar-refractivity contribution in [2.24, 2.45) is 11.8 Å². The third kappa shape index (κ3) is 4.42. The van der Waals surface area contributed by atoms with Gasteiger partial charge in [0.15, 0.2) is 11.5 Å². The van der Waals surface area contributed by atoms with Crippen LogP contribution in [0.3, 0.4) is 0 Å². The van der Waals surface area contributed by atoms with Crippen LogP contribution in [0.2, 0.25) is 0 Å². The van der Waals surface area contributed by atoms with Gasteiger partial charge in [0.25, 0.3) is 0 Å². The lowest BCUT2D eigenvalue weighted by molar-refractivity contribution is 0.216. The second kappa shape index (κ2) is 9.18. The van der Waals surface area contributed by atoms with Crippen LogP contribution in [0, 0.1) is 38.8 Å². The molecule has 1 aromatic rings. The van der Waals surface area contributed by atoms with Crippen LogP contribution in [0.5, 0.6) is 11.5 Å². The zero-order chi connectivity index (χ0) is 18.3. The van der Waals surface area contributed by atoms with Crippen molar-refractivity contribution >= 4 is 11.4 Å². The molecule has 0 radical (unpaired) electrons. The van der Waals surface area contributed by atoms with Gasteiger partial charge in [-0.25, -0.2) is 9.69 Å². The van der Waals surface area contributed by atoms with Gasteiger partial charge < -0.3 is 9.47 Å². The van der Waals surface area contributed by atoms with Crippen molar-refractivity contribution in [2.45, 2.75) is 54.4 Å². The fraction of sp³-hybridized carbons (Fsp3) is 0.600. The van der Waals surface area contributed by atoms with Gasteiger partial charge in [0, 0.05) is 0 Å². The molecule has 0 saturated heterocycles. The van der Waals surface area contributed by atoms with Crippen LogP contribution in [0.4, 0.5) is 11.4 Å². The Morgan fingerprint density at radius 3 is 1.38 bits per heavy atom. The molecule has 1 aromatic carbocycles. The quantitative estimate of drug-likeness (QED) is 0.527. The molecule has 1 rings (SSSR count). The maximum Gasteiger partial charge on any atom is 0.201 e. The zero-order valence-corrected chi connectivity index (χ0v) is 15.7. The van der Waals surface area contributed by atoms with Crippen molar-refractivity contribution in [1.29, 1.82) is 0 Å². The van der Waals surface area contributed by atoms with Crippen molar-refractivity contribution in [3.8, 4) is 11.5 Å². The van der Waals surface area contributed by atoms with E-state index in [1.165, 1.54) is 0 Å². The summed E-state index contributed by atoms with van der Waals surface area (Å²) in [5, 5.41) is 0. The van der Waals surface area contributed by atoms with Crippen LogP contribution in [-0.4, -0.2) is 13.2 Å². The van der Waals surface area contributed by atoms with Gasteiger partial charge in [-0.3, -0.25) is 0 Å². The molecule has 2 atom stereocenters. The van der Waals surface area contributed by atoms with Crippen LogP contribution < -0.4 is 9.47 Å². The van der Waals surface area contributed by atoms with Crippen molar-refractivity contribution in [2.75, 3.05) is 13.2 Å². The highest BCUT2D eigenvalue weighted by molar-refractivity contribution is 5.83. The third-order valence-corrected chi connectivity index (χ3v) is 4.46. The van der Waals surface area contributed by atoms with E-state index in [0.29, 0.717) is 59.1 Å². The van der Waals surface area contributed by atoms with E-state index in [0.717, 1.165) is 12.8 Å². The summed E-state index contributed by atoms with van der Waals surface area (Å²) in [6.07, 6.45) is 2.05. The fourth-order valence-corrected chi connectivity index (χ4v) is 2.22. The predicted molar refractivity (Wildman–Crippen MR) is 98.3 cm³/mol. The molecule has 130 valence electrons. The molecule has 0 unspecified atom stereocenters. The van der Waals surface area contributed by atoms with Gasteiger partial charge >= 0.3 is 0 Å². The molecule has 0 aliphatic rings. The van der Waals surface area contributed by atoms with Crippen LogP contribution in [0.25, 0.3) is 9.69 Å². The van der Waals surface area contributed by atoms with E-state index in [2.05, 4.69) is 37.4 Å². The van der Waals surface area contributed by atoms with Crippen molar-refractivity contribution < 1.29 is 9.47 Å².